The van der Waals surface area contributed by atoms with Crippen LogP contribution in [0.15, 0.2) is 42.5 Å². The molecule has 216 valence electrons. The van der Waals surface area contributed by atoms with Gasteiger partial charge in [-0.3, -0.25) is 19.2 Å². The molecular formula is C29H33ClO10. The predicted molar refractivity (Wildman–Crippen MR) is 143 cm³/mol. The zero-order chi connectivity index (χ0) is 33.7. The summed E-state index contributed by atoms with van der Waals surface area (Å²) in [5, 5.41) is 0.364. The molecule has 0 saturated carbocycles. The number of halogens is 1. The molecular weight excluding hydrogens is 544 g/mol. The second-order valence-corrected chi connectivity index (χ2v) is 9.40. The van der Waals surface area contributed by atoms with Crippen LogP contribution in [0.2, 0.25) is 5.02 Å². The third-order valence-electron chi connectivity index (χ3n) is 5.88. The van der Waals surface area contributed by atoms with Crippen LogP contribution in [0.4, 0.5) is 0 Å². The van der Waals surface area contributed by atoms with Gasteiger partial charge in [0.05, 0.1) is 9.30 Å². The minimum atomic E-state index is -2.99. The lowest BCUT2D eigenvalue weighted by Gasteiger charge is -2.44. The highest BCUT2D eigenvalue weighted by molar-refractivity contribution is 6.31. The summed E-state index contributed by atoms with van der Waals surface area (Å²) in [5.41, 5.74) is 1.74. The molecule has 0 aromatic heterocycles. The Hall–Kier alpha value is -3.63. The number of carbonyl (C=O) groups is 4. The Morgan fingerprint density at radius 3 is 2.10 bits per heavy atom. The molecule has 3 rings (SSSR count). The van der Waals surface area contributed by atoms with Crippen LogP contribution in [0.25, 0.3) is 0 Å². The second-order valence-electron chi connectivity index (χ2n) is 9.00. The van der Waals surface area contributed by atoms with E-state index in [4.69, 9.17) is 46.9 Å². The van der Waals surface area contributed by atoms with Crippen molar-refractivity contribution in [3.8, 4) is 5.75 Å². The quantitative estimate of drug-likeness (QED) is 0.299. The molecule has 0 spiro atoms. The normalized spacial score (nSPS) is 24.6. The molecule has 1 aliphatic rings. The largest absolute Gasteiger partial charge is 0.494 e. The van der Waals surface area contributed by atoms with Gasteiger partial charge >= 0.3 is 23.9 Å². The van der Waals surface area contributed by atoms with Crippen LogP contribution in [-0.2, 0) is 49.3 Å². The summed E-state index contributed by atoms with van der Waals surface area (Å²) in [5.74, 6) is -2.85. The Morgan fingerprint density at radius 1 is 0.875 bits per heavy atom. The SMILES string of the molecule is [2H]C([2H])([2H])C([2H])([2H])Oc1ccc(Cc2cc([C@@H]3O[C@H](COC(C)=O)[C@@H](OC(C)=O)[C@H](OC(C)=O)[C@H]3OC(C)=O)ccc2Cl)cc1. The highest BCUT2D eigenvalue weighted by Crippen LogP contribution is 2.39. The number of rotatable bonds is 10. The van der Waals surface area contributed by atoms with Crippen LogP contribution in [0.5, 0.6) is 5.75 Å². The van der Waals surface area contributed by atoms with Crippen LogP contribution in [0, 0.1) is 0 Å². The van der Waals surface area contributed by atoms with E-state index in [0.717, 1.165) is 20.8 Å². The summed E-state index contributed by atoms with van der Waals surface area (Å²) >= 11 is 6.52. The average molecular weight is 582 g/mol. The van der Waals surface area contributed by atoms with Gasteiger partial charge in [-0.05, 0) is 48.2 Å². The minimum Gasteiger partial charge on any atom is -0.494 e. The van der Waals surface area contributed by atoms with Crippen molar-refractivity contribution in [3.63, 3.8) is 0 Å². The first-order chi connectivity index (χ1) is 20.9. The van der Waals surface area contributed by atoms with Crippen LogP contribution < -0.4 is 4.74 Å². The van der Waals surface area contributed by atoms with E-state index in [9.17, 15) is 19.2 Å². The molecule has 0 bridgehead atoms. The second kappa shape index (κ2) is 14.1. The molecule has 0 unspecified atom stereocenters. The fourth-order valence-corrected chi connectivity index (χ4v) is 4.54. The smallest absolute Gasteiger partial charge is 0.303 e. The minimum absolute atomic E-state index is 0.0113. The number of esters is 4. The number of hydrogen-bond donors (Lipinski definition) is 0. The van der Waals surface area contributed by atoms with Crippen molar-refractivity contribution in [2.75, 3.05) is 13.2 Å². The lowest BCUT2D eigenvalue weighted by molar-refractivity contribution is -0.254. The third kappa shape index (κ3) is 8.43. The molecule has 2 aromatic carbocycles. The molecule has 1 fully saturated rings. The van der Waals surface area contributed by atoms with Crippen LogP contribution in [-0.4, -0.2) is 61.5 Å². The fraction of sp³-hybridized carbons (Fsp3) is 0.448. The van der Waals surface area contributed by atoms with E-state index in [-0.39, 0.29) is 18.8 Å². The lowest BCUT2D eigenvalue weighted by Crippen LogP contribution is -2.59. The predicted octanol–water partition coefficient (Wildman–Crippen LogP) is 4.13. The Kier molecular flexibility index (Phi) is 8.55. The van der Waals surface area contributed by atoms with Gasteiger partial charge in [0.25, 0.3) is 0 Å². The number of hydrogen-bond acceptors (Lipinski definition) is 10. The summed E-state index contributed by atoms with van der Waals surface area (Å²) in [6, 6.07) is 11.0. The Balaban J connectivity index is 1.98. The molecule has 11 heteroatoms. The Labute approximate surface area is 244 Å². The topological polar surface area (TPSA) is 124 Å². The van der Waals surface area contributed by atoms with E-state index >= 15 is 0 Å². The molecule has 5 atom stereocenters. The van der Waals surface area contributed by atoms with Crippen LogP contribution >= 0.6 is 11.6 Å². The molecule has 10 nitrogen and oxygen atoms in total. The molecule has 40 heavy (non-hydrogen) atoms. The zero-order valence-electron chi connectivity index (χ0n) is 27.3. The zero-order valence-corrected chi connectivity index (χ0v) is 23.1. The number of ether oxygens (including phenoxy) is 6. The Bertz CT molecular complexity index is 1400. The molecule has 1 saturated heterocycles. The number of carbonyl (C=O) groups excluding carboxylic acids is 4. The maximum Gasteiger partial charge on any atom is 0.303 e. The Morgan fingerprint density at radius 2 is 1.50 bits per heavy atom. The molecule has 0 aliphatic carbocycles. The van der Waals surface area contributed by atoms with Gasteiger partial charge in [0.15, 0.2) is 18.3 Å². The summed E-state index contributed by atoms with van der Waals surface area (Å²) in [6.45, 7) is -1.66. The highest BCUT2D eigenvalue weighted by atomic mass is 35.5. The maximum absolute atomic E-state index is 12.2. The van der Waals surface area contributed by atoms with Gasteiger partial charge in [-0.2, -0.15) is 0 Å². The van der Waals surface area contributed by atoms with Gasteiger partial charge in [-0.1, -0.05) is 35.9 Å². The van der Waals surface area contributed by atoms with Crippen LogP contribution in [0.3, 0.4) is 0 Å². The molecule has 1 heterocycles. The van der Waals surface area contributed by atoms with Crippen molar-refractivity contribution in [1.29, 1.82) is 0 Å². The van der Waals surface area contributed by atoms with Crippen molar-refractivity contribution in [1.82, 2.24) is 0 Å². The molecule has 0 amide bonds. The maximum atomic E-state index is 12.2. The van der Waals surface area contributed by atoms with E-state index in [1.165, 1.54) is 19.1 Å². The van der Waals surface area contributed by atoms with Gasteiger partial charge in [0, 0.05) is 36.8 Å². The first kappa shape index (κ1) is 24.2. The monoisotopic (exact) mass is 581 g/mol. The van der Waals surface area contributed by atoms with E-state index in [1.807, 2.05) is 0 Å². The van der Waals surface area contributed by atoms with E-state index in [1.54, 1.807) is 30.3 Å². The molecule has 1 aliphatic heterocycles. The fourth-order valence-electron chi connectivity index (χ4n) is 4.36. The first-order valence-electron chi connectivity index (χ1n) is 14.7. The van der Waals surface area contributed by atoms with Gasteiger partial charge in [0.1, 0.15) is 24.6 Å². The van der Waals surface area contributed by atoms with Gasteiger partial charge in [-0.15, -0.1) is 0 Å². The van der Waals surface area contributed by atoms with E-state index < -0.39 is 67.8 Å². The molecule has 2 aromatic rings. The van der Waals surface area contributed by atoms with Crippen LogP contribution in [0.1, 0.15) is 64.2 Å². The molecule has 0 radical (unpaired) electrons. The van der Waals surface area contributed by atoms with Crippen molar-refractivity contribution >= 4 is 35.5 Å². The van der Waals surface area contributed by atoms with Crippen molar-refractivity contribution in [2.45, 2.75) is 71.5 Å². The van der Waals surface area contributed by atoms with Crippen molar-refractivity contribution in [3.05, 3.63) is 64.2 Å². The average Bonchev–Trinajstić information content (AvgIpc) is 2.90. The molecule has 0 N–H and O–H groups in total. The van der Waals surface area contributed by atoms with Crippen molar-refractivity contribution in [2.24, 2.45) is 0 Å². The summed E-state index contributed by atoms with van der Waals surface area (Å²) in [4.78, 5) is 47.9. The van der Waals surface area contributed by atoms with Gasteiger partial charge < -0.3 is 28.4 Å². The lowest BCUT2D eigenvalue weighted by atomic mass is 9.89. The number of benzene rings is 2. The highest BCUT2D eigenvalue weighted by Gasteiger charge is 2.52. The summed E-state index contributed by atoms with van der Waals surface area (Å²) < 4.78 is 70.1. The van der Waals surface area contributed by atoms with Gasteiger partial charge in [0.2, 0.25) is 0 Å². The summed E-state index contributed by atoms with van der Waals surface area (Å²) in [7, 11) is 0. The third-order valence-corrected chi connectivity index (χ3v) is 6.24. The van der Waals surface area contributed by atoms with Crippen molar-refractivity contribution < 1.29 is 54.5 Å². The van der Waals surface area contributed by atoms with E-state index in [2.05, 4.69) is 0 Å². The summed E-state index contributed by atoms with van der Waals surface area (Å²) in [6.07, 6.45) is -5.89. The van der Waals surface area contributed by atoms with E-state index in [0.29, 0.717) is 21.7 Å². The standard InChI is InChI=1S/C29H33ClO10/c1-6-35-23-10-7-20(8-11-23)13-22-14-21(9-12-24(22)30)26-28(38-18(4)33)29(39-19(5)34)27(37-17(3)32)25(40-26)15-36-16(2)31/h7-12,14,25-29H,6,13,15H2,1-5H3/t25-,26+,27-,28+,29+/m1/s1/i1D3,6D2. The van der Waals surface area contributed by atoms with Gasteiger partial charge in [-0.25, -0.2) is 0 Å². The first-order valence-corrected chi connectivity index (χ1v) is 12.6.